The summed E-state index contributed by atoms with van der Waals surface area (Å²) in [6.45, 7) is 3.98. The molecule has 37 heavy (non-hydrogen) atoms. The van der Waals surface area contributed by atoms with Gasteiger partial charge in [0.1, 0.15) is 16.7 Å². The van der Waals surface area contributed by atoms with Gasteiger partial charge in [-0.25, -0.2) is 4.79 Å². The maximum atomic E-state index is 13.6. The fraction of sp³-hybridized carbons (Fsp3) is 0.172. The van der Waals surface area contributed by atoms with Gasteiger partial charge in [-0.15, -0.1) is 0 Å². The van der Waals surface area contributed by atoms with Crippen LogP contribution in [0.2, 0.25) is 0 Å². The summed E-state index contributed by atoms with van der Waals surface area (Å²) >= 11 is 1.19. The number of hydrogen-bond acceptors (Lipinski definition) is 6. The first kappa shape index (κ1) is 25.7. The number of benzene rings is 3. The molecule has 186 valence electrons. The fourth-order valence-electron chi connectivity index (χ4n) is 3.83. The van der Waals surface area contributed by atoms with Crippen molar-refractivity contribution < 1.29 is 19.1 Å². The molecular weight excluding hydrogens is 486 g/mol. The van der Waals surface area contributed by atoms with Gasteiger partial charge in [0, 0.05) is 11.4 Å². The molecule has 3 aromatic carbocycles. The number of anilines is 2. The first-order valence-electron chi connectivity index (χ1n) is 11.8. The topological polar surface area (TPSA) is 99.5 Å². The molecule has 0 bridgehead atoms. The number of amides is 2. The summed E-state index contributed by atoms with van der Waals surface area (Å²) in [5.74, 6) is -1.21. The number of aryl methyl sites for hydroxylation is 1. The third kappa shape index (κ3) is 5.90. The molecule has 1 fully saturated rings. The number of thioether (sulfide) groups is 1. The van der Waals surface area contributed by atoms with Crippen LogP contribution in [-0.4, -0.2) is 29.6 Å². The van der Waals surface area contributed by atoms with Crippen LogP contribution in [0.25, 0.3) is 0 Å². The monoisotopic (exact) mass is 511 g/mol. The zero-order valence-electron chi connectivity index (χ0n) is 20.4. The predicted octanol–water partition coefficient (Wildman–Crippen LogP) is 5.24. The normalized spacial score (nSPS) is 16.2. The fourth-order valence-corrected chi connectivity index (χ4v) is 5.14. The molecule has 2 amide bonds. The molecule has 1 atom stereocenters. The van der Waals surface area contributed by atoms with E-state index in [2.05, 4.69) is 5.32 Å². The number of nitrogens with one attached hydrogen (secondary N) is 1. The second-order valence-corrected chi connectivity index (χ2v) is 9.54. The molecular formula is C29H25N3O4S. The minimum atomic E-state index is -0.581. The van der Waals surface area contributed by atoms with Crippen LogP contribution in [0.15, 0.2) is 89.5 Å². The Morgan fingerprint density at radius 3 is 2.32 bits per heavy atom. The molecule has 1 aliphatic heterocycles. The zero-order valence-corrected chi connectivity index (χ0v) is 21.2. The Morgan fingerprint density at radius 2 is 1.70 bits per heavy atom. The molecule has 1 heterocycles. The molecule has 4 rings (SSSR count). The Morgan fingerprint density at radius 1 is 1.03 bits per heavy atom. The van der Waals surface area contributed by atoms with Gasteiger partial charge in [0.25, 0.3) is 5.91 Å². The van der Waals surface area contributed by atoms with Gasteiger partial charge in [-0.2, -0.15) is 5.26 Å². The molecule has 0 saturated carbocycles. The summed E-state index contributed by atoms with van der Waals surface area (Å²) in [7, 11) is 0. The molecule has 0 radical (unpaired) electrons. The van der Waals surface area contributed by atoms with E-state index >= 15 is 0 Å². The molecule has 1 saturated heterocycles. The number of hydrogen-bond donors (Lipinski definition) is 1. The highest BCUT2D eigenvalue weighted by molar-refractivity contribution is 8.05. The number of carbonyl (C=O) groups is 3. The molecule has 7 nitrogen and oxygen atoms in total. The number of ether oxygens (including phenoxy) is 1. The van der Waals surface area contributed by atoms with E-state index in [1.165, 1.54) is 16.7 Å². The quantitative estimate of drug-likeness (QED) is 0.265. The second-order valence-electron chi connectivity index (χ2n) is 8.35. The maximum absolute atomic E-state index is 13.6. The summed E-state index contributed by atoms with van der Waals surface area (Å²) < 4.78 is 5.03. The van der Waals surface area contributed by atoms with E-state index < -0.39 is 17.1 Å². The van der Waals surface area contributed by atoms with E-state index in [1.54, 1.807) is 67.6 Å². The molecule has 8 heteroatoms. The summed E-state index contributed by atoms with van der Waals surface area (Å²) in [4.78, 5) is 40.1. The highest BCUT2D eigenvalue weighted by Gasteiger charge is 2.40. The molecule has 1 N–H and O–H groups in total. The Kier molecular flexibility index (Phi) is 8.06. The lowest BCUT2D eigenvalue weighted by molar-refractivity contribution is -0.117. The smallest absolute Gasteiger partial charge is 0.338 e. The van der Waals surface area contributed by atoms with E-state index in [0.717, 1.165) is 11.1 Å². The van der Waals surface area contributed by atoms with Crippen LogP contribution in [0.4, 0.5) is 11.4 Å². The lowest BCUT2D eigenvalue weighted by Gasteiger charge is -2.18. The van der Waals surface area contributed by atoms with E-state index in [9.17, 15) is 19.6 Å². The standard InChI is InChI=1S/C29H25N3O4S/c1-3-36-29(35)21-13-11-20(12-14-21)17-25-27(34)32(23-7-5-4-6-8-23)28(37-25)24(18-30)26(33)31-22-15-9-19(2)10-16-22/h4-16,25H,3,17H2,1-2H3,(H,31,33). The van der Waals surface area contributed by atoms with Crippen LogP contribution in [0.1, 0.15) is 28.4 Å². The third-order valence-electron chi connectivity index (χ3n) is 5.72. The van der Waals surface area contributed by atoms with Gasteiger partial charge in [-0.05, 0) is 62.2 Å². The first-order chi connectivity index (χ1) is 17.9. The van der Waals surface area contributed by atoms with Crippen LogP contribution < -0.4 is 10.2 Å². The van der Waals surface area contributed by atoms with E-state index in [-0.39, 0.29) is 23.1 Å². The predicted molar refractivity (Wildman–Crippen MR) is 144 cm³/mol. The lowest BCUT2D eigenvalue weighted by Crippen LogP contribution is -2.30. The summed E-state index contributed by atoms with van der Waals surface area (Å²) in [5, 5.41) is 12.5. The lowest BCUT2D eigenvalue weighted by atomic mass is 10.1. The molecule has 0 aliphatic carbocycles. The Bertz CT molecular complexity index is 1380. The SMILES string of the molecule is CCOC(=O)c1ccc(CC2SC(=C(C#N)C(=O)Nc3ccc(C)cc3)N(c3ccccc3)C2=O)cc1. The van der Waals surface area contributed by atoms with Crippen molar-refractivity contribution in [3.8, 4) is 6.07 Å². The molecule has 1 aliphatic rings. The molecule has 0 spiro atoms. The molecule has 0 aromatic heterocycles. The Balaban J connectivity index is 1.64. The van der Waals surface area contributed by atoms with E-state index in [1.807, 2.05) is 31.2 Å². The average Bonchev–Trinajstić information content (AvgIpc) is 3.22. The molecule has 1 unspecified atom stereocenters. The minimum absolute atomic E-state index is 0.136. The van der Waals surface area contributed by atoms with Gasteiger partial charge < -0.3 is 10.1 Å². The largest absolute Gasteiger partial charge is 0.462 e. The second kappa shape index (κ2) is 11.6. The van der Waals surface area contributed by atoms with E-state index in [4.69, 9.17) is 4.74 Å². The summed E-state index contributed by atoms with van der Waals surface area (Å²) in [6, 6.07) is 25.1. The molecule has 3 aromatic rings. The van der Waals surface area contributed by atoms with E-state index in [0.29, 0.717) is 23.4 Å². The minimum Gasteiger partial charge on any atom is -0.462 e. The van der Waals surface area contributed by atoms with Crippen molar-refractivity contribution in [3.63, 3.8) is 0 Å². The van der Waals surface area contributed by atoms with Gasteiger partial charge in [-0.1, -0.05) is 59.8 Å². The maximum Gasteiger partial charge on any atom is 0.338 e. The van der Waals surface area contributed by atoms with Crippen molar-refractivity contribution in [3.05, 3.63) is 106 Å². The van der Waals surface area contributed by atoms with Gasteiger partial charge in [0.15, 0.2) is 0 Å². The summed E-state index contributed by atoms with van der Waals surface area (Å²) in [5.41, 5.74) is 3.32. The van der Waals surface area contributed by atoms with Crippen molar-refractivity contribution in [2.24, 2.45) is 0 Å². The average molecular weight is 512 g/mol. The van der Waals surface area contributed by atoms with Crippen molar-refractivity contribution in [1.82, 2.24) is 0 Å². The number of rotatable bonds is 7. The Labute approximate surface area is 219 Å². The first-order valence-corrected chi connectivity index (χ1v) is 12.6. The van der Waals surface area contributed by atoms with Gasteiger partial charge >= 0.3 is 5.97 Å². The van der Waals surface area contributed by atoms with Crippen LogP contribution in [0.3, 0.4) is 0 Å². The zero-order chi connectivity index (χ0) is 26.4. The number of nitriles is 1. The van der Waals surface area contributed by atoms with Crippen LogP contribution in [0, 0.1) is 18.3 Å². The third-order valence-corrected chi connectivity index (χ3v) is 6.98. The van der Waals surface area contributed by atoms with Crippen LogP contribution in [-0.2, 0) is 20.7 Å². The van der Waals surface area contributed by atoms with Crippen molar-refractivity contribution in [1.29, 1.82) is 5.26 Å². The van der Waals surface area contributed by atoms with Gasteiger partial charge in [-0.3, -0.25) is 14.5 Å². The summed E-state index contributed by atoms with van der Waals surface area (Å²) in [6.07, 6.45) is 0.359. The van der Waals surface area contributed by atoms with Crippen LogP contribution in [0.5, 0.6) is 0 Å². The van der Waals surface area contributed by atoms with Gasteiger partial charge in [0.2, 0.25) is 5.91 Å². The Hall–Kier alpha value is -4.35. The number of para-hydroxylation sites is 1. The van der Waals surface area contributed by atoms with Crippen LogP contribution >= 0.6 is 11.8 Å². The highest BCUT2D eigenvalue weighted by Crippen LogP contribution is 2.42. The van der Waals surface area contributed by atoms with Crippen molar-refractivity contribution in [2.75, 3.05) is 16.8 Å². The van der Waals surface area contributed by atoms with Crippen molar-refractivity contribution in [2.45, 2.75) is 25.5 Å². The van der Waals surface area contributed by atoms with Gasteiger partial charge in [0.05, 0.1) is 17.4 Å². The number of nitrogens with zero attached hydrogens (tertiary/aromatic N) is 2. The van der Waals surface area contributed by atoms with Crippen molar-refractivity contribution >= 4 is 40.9 Å². The number of carbonyl (C=O) groups excluding carboxylic acids is 3. The number of esters is 1. The highest BCUT2D eigenvalue weighted by atomic mass is 32.2.